The molecule has 0 aliphatic carbocycles. The average molecular weight is 273 g/mol. The van der Waals surface area contributed by atoms with E-state index in [1.165, 1.54) is 6.07 Å². The molecule has 2 nitrogen and oxygen atoms in total. The second-order valence-corrected chi connectivity index (χ2v) is 5.73. The Bertz CT molecular complexity index is 448. The molecule has 0 radical (unpaired) electrons. The van der Waals surface area contributed by atoms with Gasteiger partial charge in [0.15, 0.2) is 5.17 Å². The van der Waals surface area contributed by atoms with Crippen LogP contribution in [0.15, 0.2) is 23.2 Å². The van der Waals surface area contributed by atoms with Crippen LogP contribution in [0.25, 0.3) is 0 Å². The van der Waals surface area contributed by atoms with Crippen molar-refractivity contribution in [3.8, 4) is 0 Å². The molecule has 5 heteroatoms. The van der Waals surface area contributed by atoms with E-state index in [1.807, 2.05) is 0 Å². The van der Waals surface area contributed by atoms with Crippen molar-refractivity contribution in [2.24, 2.45) is 10.9 Å². The third kappa shape index (κ3) is 3.13. The molecule has 1 aliphatic rings. The van der Waals surface area contributed by atoms with E-state index in [4.69, 9.17) is 11.6 Å². The van der Waals surface area contributed by atoms with Gasteiger partial charge in [-0.25, -0.2) is 4.39 Å². The highest BCUT2D eigenvalue weighted by molar-refractivity contribution is 8.14. The van der Waals surface area contributed by atoms with Crippen LogP contribution in [0.5, 0.6) is 0 Å². The number of thioether (sulfide) groups is 1. The Balaban J connectivity index is 2.06. The fourth-order valence-corrected chi connectivity index (χ4v) is 2.80. The Morgan fingerprint density at radius 3 is 2.88 bits per heavy atom. The van der Waals surface area contributed by atoms with Gasteiger partial charge in [-0.05, 0) is 24.1 Å². The Morgan fingerprint density at radius 2 is 2.29 bits per heavy atom. The summed E-state index contributed by atoms with van der Waals surface area (Å²) >= 11 is 7.29. The summed E-state index contributed by atoms with van der Waals surface area (Å²) < 4.78 is 13.2. The normalized spacial score (nSPS) is 19.6. The summed E-state index contributed by atoms with van der Waals surface area (Å²) in [5.74, 6) is 1.10. The first-order valence-corrected chi connectivity index (χ1v) is 6.85. The van der Waals surface area contributed by atoms with Crippen molar-refractivity contribution in [3.63, 3.8) is 0 Å². The van der Waals surface area contributed by atoms with Gasteiger partial charge in [0.1, 0.15) is 5.82 Å². The van der Waals surface area contributed by atoms with Crippen LogP contribution in [0.1, 0.15) is 13.8 Å². The molecule has 92 valence electrons. The van der Waals surface area contributed by atoms with Gasteiger partial charge in [0, 0.05) is 11.4 Å². The Kier molecular flexibility index (Phi) is 3.94. The monoisotopic (exact) mass is 272 g/mol. The number of aliphatic imine (C=N–C) groups is 1. The highest BCUT2D eigenvalue weighted by Crippen LogP contribution is 2.25. The van der Waals surface area contributed by atoms with Gasteiger partial charge in [0.2, 0.25) is 0 Å². The molecule has 2 rings (SSSR count). The summed E-state index contributed by atoms with van der Waals surface area (Å²) in [7, 11) is 0. The molecule has 0 fully saturated rings. The molecule has 1 aromatic rings. The molecule has 0 bridgehead atoms. The molecule has 17 heavy (non-hydrogen) atoms. The summed E-state index contributed by atoms with van der Waals surface area (Å²) in [5, 5.41) is 4.10. The lowest BCUT2D eigenvalue weighted by molar-refractivity contribution is 0.543. The number of nitrogens with zero attached hydrogens (tertiary/aromatic N) is 1. The second kappa shape index (κ2) is 5.27. The van der Waals surface area contributed by atoms with Crippen LogP contribution in [-0.4, -0.2) is 17.0 Å². The molecular weight excluding hydrogens is 259 g/mol. The number of hydrogen-bond donors (Lipinski definition) is 1. The molecule has 0 aromatic heterocycles. The van der Waals surface area contributed by atoms with E-state index in [0.717, 1.165) is 10.9 Å². The molecule has 1 atom stereocenters. The maximum Gasteiger partial charge on any atom is 0.161 e. The summed E-state index contributed by atoms with van der Waals surface area (Å²) in [4.78, 5) is 4.55. The van der Waals surface area contributed by atoms with Gasteiger partial charge in [0.05, 0.1) is 11.1 Å². The minimum atomic E-state index is -0.416. The Labute approximate surface area is 110 Å². The smallest absolute Gasteiger partial charge is 0.161 e. The number of halogens is 2. The quantitative estimate of drug-likeness (QED) is 0.879. The number of nitrogens with one attached hydrogen (secondary N) is 1. The first-order valence-electron chi connectivity index (χ1n) is 5.49. The van der Waals surface area contributed by atoms with Crippen LogP contribution in [0, 0.1) is 11.7 Å². The van der Waals surface area contributed by atoms with Gasteiger partial charge in [-0.2, -0.15) is 0 Å². The molecule has 0 spiro atoms. The molecule has 0 amide bonds. The van der Waals surface area contributed by atoms with Crippen LogP contribution < -0.4 is 5.32 Å². The third-order valence-electron chi connectivity index (χ3n) is 2.61. The number of benzene rings is 1. The van der Waals surface area contributed by atoms with Crippen molar-refractivity contribution in [3.05, 3.63) is 29.0 Å². The zero-order chi connectivity index (χ0) is 12.4. The minimum absolute atomic E-state index is 0.136. The van der Waals surface area contributed by atoms with Crippen LogP contribution in [0.3, 0.4) is 0 Å². The maximum absolute atomic E-state index is 13.2. The van der Waals surface area contributed by atoms with Crippen molar-refractivity contribution in [1.29, 1.82) is 0 Å². The first kappa shape index (κ1) is 12.7. The van der Waals surface area contributed by atoms with Gasteiger partial charge in [-0.3, -0.25) is 4.99 Å². The number of rotatable bonds is 2. The largest absolute Gasteiger partial charge is 0.335 e. The molecular formula is C12H14ClFN2S. The topological polar surface area (TPSA) is 24.4 Å². The molecule has 1 heterocycles. The molecule has 1 aromatic carbocycles. The number of hydrogen-bond acceptors (Lipinski definition) is 3. The predicted molar refractivity (Wildman–Crippen MR) is 73.6 cm³/mol. The van der Waals surface area contributed by atoms with Crippen LogP contribution in [0.2, 0.25) is 5.02 Å². The van der Waals surface area contributed by atoms with Crippen molar-refractivity contribution in [2.45, 2.75) is 19.9 Å². The van der Waals surface area contributed by atoms with Crippen molar-refractivity contribution < 1.29 is 4.39 Å². The zero-order valence-electron chi connectivity index (χ0n) is 9.71. The van der Waals surface area contributed by atoms with E-state index in [-0.39, 0.29) is 5.02 Å². The average Bonchev–Trinajstić information content (AvgIpc) is 2.72. The summed E-state index contributed by atoms with van der Waals surface area (Å²) in [6.07, 6.45) is 0. The summed E-state index contributed by atoms with van der Waals surface area (Å²) in [6.45, 7) is 4.30. The number of amidine groups is 1. The molecule has 1 N–H and O–H groups in total. The molecule has 0 saturated heterocycles. The van der Waals surface area contributed by atoms with E-state index in [0.29, 0.717) is 17.6 Å². The second-order valence-electron chi connectivity index (χ2n) is 4.31. The molecule has 1 aliphatic heterocycles. The fraction of sp³-hybridized carbons (Fsp3) is 0.417. The lowest BCUT2D eigenvalue weighted by Gasteiger charge is -2.08. The highest BCUT2D eigenvalue weighted by Gasteiger charge is 2.21. The lowest BCUT2D eigenvalue weighted by atomic mass is 10.1. The van der Waals surface area contributed by atoms with Crippen molar-refractivity contribution in [1.82, 2.24) is 0 Å². The zero-order valence-corrected chi connectivity index (χ0v) is 11.3. The SMILES string of the molecule is CC(C)C1CSC(Nc2ccc(Cl)c(F)c2)=N1. The van der Waals surface area contributed by atoms with Crippen LogP contribution >= 0.6 is 23.4 Å². The van der Waals surface area contributed by atoms with E-state index >= 15 is 0 Å². The van der Waals surface area contributed by atoms with E-state index < -0.39 is 5.82 Å². The third-order valence-corrected chi connectivity index (χ3v) is 3.91. The van der Waals surface area contributed by atoms with Crippen molar-refractivity contribution >= 4 is 34.2 Å². The molecule has 1 unspecified atom stereocenters. The maximum atomic E-state index is 13.2. The first-order chi connectivity index (χ1) is 8.06. The minimum Gasteiger partial charge on any atom is -0.335 e. The van der Waals surface area contributed by atoms with Crippen LogP contribution in [0.4, 0.5) is 10.1 Å². The van der Waals surface area contributed by atoms with Gasteiger partial charge in [0.25, 0.3) is 0 Å². The Morgan fingerprint density at radius 1 is 1.53 bits per heavy atom. The van der Waals surface area contributed by atoms with Gasteiger partial charge in [-0.15, -0.1) is 0 Å². The fourth-order valence-electron chi connectivity index (χ4n) is 1.50. The van der Waals surface area contributed by atoms with Crippen LogP contribution in [-0.2, 0) is 0 Å². The standard InChI is InChI=1S/C12H14ClFN2S/c1-7(2)11-6-17-12(16-11)15-8-3-4-9(13)10(14)5-8/h3-5,7,11H,6H2,1-2H3,(H,15,16). The molecule has 0 saturated carbocycles. The Hall–Kier alpha value is -0.740. The van der Waals surface area contributed by atoms with Gasteiger partial charge in [-0.1, -0.05) is 37.2 Å². The van der Waals surface area contributed by atoms with Gasteiger partial charge >= 0.3 is 0 Å². The highest BCUT2D eigenvalue weighted by atomic mass is 35.5. The van der Waals surface area contributed by atoms with Crippen molar-refractivity contribution in [2.75, 3.05) is 11.1 Å². The number of anilines is 1. The van der Waals surface area contributed by atoms with E-state index in [2.05, 4.69) is 24.2 Å². The predicted octanol–water partition coefficient (Wildman–Crippen LogP) is 4.02. The van der Waals surface area contributed by atoms with Gasteiger partial charge < -0.3 is 5.32 Å². The van der Waals surface area contributed by atoms with E-state index in [1.54, 1.807) is 23.9 Å². The van der Waals surface area contributed by atoms with E-state index in [9.17, 15) is 4.39 Å². The summed E-state index contributed by atoms with van der Waals surface area (Å²) in [6, 6.07) is 5.02. The summed E-state index contributed by atoms with van der Waals surface area (Å²) in [5.41, 5.74) is 0.683. The lowest BCUT2D eigenvalue weighted by Crippen LogP contribution is -2.12.